The summed E-state index contributed by atoms with van der Waals surface area (Å²) >= 11 is 0. The fourth-order valence-corrected chi connectivity index (χ4v) is 3.33. The number of nitrogens with zero attached hydrogens (tertiary/aromatic N) is 1. The zero-order valence-corrected chi connectivity index (χ0v) is 15.1. The molecule has 1 aromatic heterocycles. The monoisotopic (exact) mass is 356 g/mol. The minimum absolute atomic E-state index is 0.0165. The average Bonchev–Trinajstić information content (AvgIpc) is 2.67. The maximum Gasteiger partial charge on any atom is 0.263 e. The van der Waals surface area contributed by atoms with Crippen molar-refractivity contribution in [2.45, 2.75) is 31.8 Å². The molecule has 3 rings (SSSR count). The van der Waals surface area contributed by atoms with E-state index in [1.54, 1.807) is 32.4 Å². The van der Waals surface area contributed by atoms with Crippen LogP contribution in [0.25, 0.3) is 0 Å². The van der Waals surface area contributed by atoms with Crippen molar-refractivity contribution in [2.24, 2.45) is 0 Å². The molecule has 1 N–H and O–H groups in total. The number of benzene rings is 1. The molecule has 0 aliphatic carbocycles. The number of rotatable bonds is 5. The number of piperidine rings is 1. The lowest BCUT2D eigenvalue weighted by molar-refractivity contribution is -0.139. The Balaban J connectivity index is 1.56. The fourth-order valence-electron chi connectivity index (χ4n) is 3.33. The van der Waals surface area contributed by atoms with Crippen molar-refractivity contribution in [2.75, 3.05) is 20.2 Å². The summed E-state index contributed by atoms with van der Waals surface area (Å²) in [5.74, 6) is 1.61. The zero-order chi connectivity index (χ0) is 18.5. The lowest BCUT2D eigenvalue weighted by Crippen LogP contribution is -2.44. The van der Waals surface area contributed by atoms with Gasteiger partial charge in [-0.2, -0.15) is 0 Å². The fraction of sp³-hybridized carbons (Fsp3) is 0.400. The molecule has 1 fully saturated rings. The summed E-state index contributed by atoms with van der Waals surface area (Å²) in [6.45, 7) is 3.11. The molecular formula is C20H24N2O4. The molecule has 1 amide bonds. The van der Waals surface area contributed by atoms with Crippen molar-refractivity contribution in [3.63, 3.8) is 0 Å². The van der Waals surface area contributed by atoms with Gasteiger partial charge in [-0.05, 0) is 49.4 Å². The molecule has 26 heavy (non-hydrogen) atoms. The summed E-state index contributed by atoms with van der Waals surface area (Å²) in [6, 6.07) is 10.8. The Labute approximate surface area is 152 Å². The predicted molar refractivity (Wildman–Crippen MR) is 98.7 cm³/mol. The predicted octanol–water partition coefficient (Wildman–Crippen LogP) is 2.56. The summed E-state index contributed by atoms with van der Waals surface area (Å²) in [5.41, 5.74) is 0.961. The van der Waals surface area contributed by atoms with Crippen LogP contribution in [-0.2, 0) is 4.79 Å². The van der Waals surface area contributed by atoms with E-state index in [2.05, 4.69) is 4.98 Å². The largest absolute Gasteiger partial charge is 0.497 e. The summed E-state index contributed by atoms with van der Waals surface area (Å²) < 4.78 is 11.0. The van der Waals surface area contributed by atoms with Crippen molar-refractivity contribution in [3.05, 3.63) is 58.5 Å². The molecule has 0 radical (unpaired) electrons. The van der Waals surface area contributed by atoms with Crippen molar-refractivity contribution in [1.82, 2.24) is 9.88 Å². The number of pyridine rings is 1. The van der Waals surface area contributed by atoms with E-state index in [0.717, 1.165) is 18.4 Å². The van der Waals surface area contributed by atoms with E-state index in [1.165, 1.54) is 0 Å². The maximum absolute atomic E-state index is 12.7. The number of H-pyrrole nitrogens is 1. The summed E-state index contributed by atoms with van der Waals surface area (Å²) in [7, 11) is 1.60. The average molecular weight is 356 g/mol. The Hall–Kier alpha value is -2.76. The van der Waals surface area contributed by atoms with Gasteiger partial charge in [0, 0.05) is 31.4 Å². The molecule has 0 bridgehead atoms. The molecule has 0 saturated carbocycles. The lowest BCUT2D eigenvalue weighted by Gasteiger charge is -2.33. The van der Waals surface area contributed by atoms with Gasteiger partial charge in [0.25, 0.3) is 5.91 Å². The van der Waals surface area contributed by atoms with Gasteiger partial charge in [-0.25, -0.2) is 0 Å². The molecule has 2 aromatic rings. The summed E-state index contributed by atoms with van der Waals surface area (Å²) in [6.07, 6.45) is 2.82. The minimum Gasteiger partial charge on any atom is -0.497 e. The minimum atomic E-state index is -0.557. The lowest BCUT2D eigenvalue weighted by atomic mass is 9.90. The van der Waals surface area contributed by atoms with Gasteiger partial charge in [-0.15, -0.1) is 0 Å². The molecule has 6 nitrogen and oxygen atoms in total. The number of ether oxygens (including phenoxy) is 2. The quantitative estimate of drug-likeness (QED) is 0.894. The van der Waals surface area contributed by atoms with E-state index in [0.29, 0.717) is 30.5 Å². The number of carbonyl (C=O) groups excluding carboxylic acids is 1. The van der Waals surface area contributed by atoms with Crippen LogP contribution in [0.4, 0.5) is 0 Å². The third-order valence-corrected chi connectivity index (χ3v) is 4.78. The molecule has 1 saturated heterocycles. The first-order chi connectivity index (χ1) is 12.6. The molecule has 1 aromatic carbocycles. The third kappa shape index (κ3) is 4.25. The molecule has 138 valence electrons. The van der Waals surface area contributed by atoms with Gasteiger partial charge in [0.15, 0.2) is 6.10 Å². The standard InChI is InChI=1S/C20H24N2O4/c1-14(26-18-5-3-4-17(13-18)25-2)20(24)22-10-7-15(8-11-22)16-6-9-21-19(23)12-16/h3-6,9,12-15H,7-8,10-11H2,1-2H3,(H,21,23). The number of aromatic nitrogens is 1. The summed E-state index contributed by atoms with van der Waals surface area (Å²) in [5, 5.41) is 0. The highest BCUT2D eigenvalue weighted by molar-refractivity contribution is 5.81. The van der Waals surface area contributed by atoms with E-state index >= 15 is 0 Å². The Bertz CT molecular complexity index is 809. The van der Waals surface area contributed by atoms with Crippen LogP contribution in [0, 0.1) is 0 Å². The van der Waals surface area contributed by atoms with Gasteiger partial charge >= 0.3 is 0 Å². The van der Waals surface area contributed by atoms with Crippen LogP contribution in [0.1, 0.15) is 31.2 Å². The first-order valence-corrected chi connectivity index (χ1v) is 8.85. The van der Waals surface area contributed by atoms with Crippen molar-refractivity contribution < 1.29 is 14.3 Å². The highest BCUT2D eigenvalue weighted by Gasteiger charge is 2.27. The van der Waals surface area contributed by atoms with Gasteiger partial charge in [0.05, 0.1) is 7.11 Å². The molecule has 6 heteroatoms. The first-order valence-electron chi connectivity index (χ1n) is 8.85. The number of aromatic amines is 1. The number of hydrogen-bond donors (Lipinski definition) is 1. The molecule has 2 heterocycles. The number of methoxy groups -OCH3 is 1. The number of hydrogen-bond acceptors (Lipinski definition) is 4. The third-order valence-electron chi connectivity index (χ3n) is 4.78. The zero-order valence-electron chi connectivity index (χ0n) is 15.1. The maximum atomic E-state index is 12.7. The van der Waals surface area contributed by atoms with Gasteiger partial charge in [0.1, 0.15) is 11.5 Å². The van der Waals surface area contributed by atoms with Crippen molar-refractivity contribution in [1.29, 1.82) is 0 Å². The molecular weight excluding hydrogens is 332 g/mol. The second kappa shape index (κ2) is 8.08. The van der Waals surface area contributed by atoms with E-state index in [9.17, 15) is 9.59 Å². The van der Waals surface area contributed by atoms with Crippen LogP contribution < -0.4 is 15.0 Å². The van der Waals surface area contributed by atoms with E-state index < -0.39 is 6.10 Å². The van der Waals surface area contributed by atoms with Crippen LogP contribution in [0.3, 0.4) is 0 Å². The topological polar surface area (TPSA) is 71.6 Å². The van der Waals surface area contributed by atoms with Crippen LogP contribution in [0.5, 0.6) is 11.5 Å². The van der Waals surface area contributed by atoms with Crippen LogP contribution in [-0.4, -0.2) is 42.1 Å². The highest BCUT2D eigenvalue weighted by atomic mass is 16.5. The number of carbonyl (C=O) groups is 1. The van der Waals surface area contributed by atoms with Crippen LogP contribution in [0.2, 0.25) is 0 Å². The number of nitrogens with one attached hydrogen (secondary N) is 1. The van der Waals surface area contributed by atoms with Crippen LogP contribution in [0.15, 0.2) is 47.4 Å². The number of amides is 1. The molecule has 0 spiro atoms. The van der Waals surface area contributed by atoms with Crippen molar-refractivity contribution in [3.8, 4) is 11.5 Å². The second-order valence-electron chi connectivity index (χ2n) is 6.52. The number of likely N-dealkylation sites (tertiary alicyclic amines) is 1. The van der Waals surface area contributed by atoms with Gasteiger partial charge in [-0.3, -0.25) is 9.59 Å². The van der Waals surface area contributed by atoms with Gasteiger partial charge in [0.2, 0.25) is 5.56 Å². The second-order valence-corrected chi connectivity index (χ2v) is 6.52. The van der Waals surface area contributed by atoms with Crippen LogP contribution >= 0.6 is 0 Å². The Kier molecular flexibility index (Phi) is 5.61. The molecule has 1 aliphatic heterocycles. The van der Waals surface area contributed by atoms with Gasteiger partial charge < -0.3 is 19.4 Å². The Morgan fingerprint density at radius 2 is 1.92 bits per heavy atom. The highest BCUT2D eigenvalue weighted by Crippen LogP contribution is 2.27. The van der Waals surface area contributed by atoms with Gasteiger partial charge in [-0.1, -0.05) is 6.07 Å². The SMILES string of the molecule is COc1cccc(OC(C)C(=O)N2CCC(c3cc[nH]c(=O)c3)CC2)c1. The Morgan fingerprint density at radius 3 is 2.62 bits per heavy atom. The first kappa shape index (κ1) is 18.0. The normalized spacial score (nSPS) is 16.2. The smallest absolute Gasteiger partial charge is 0.263 e. The van der Waals surface area contributed by atoms with Crippen molar-refractivity contribution >= 4 is 5.91 Å². The molecule has 1 atom stereocenters. The molecule has 1 aliphatic rings. The van der Waals surface area contributed by atoms with E-state index in [1.807, 2.05) is 29.2 Å². The van der Waals surface area contributed by atoms with E-state index in [-0.39, 0.29) is 11.5 Å². The Morgan fingerprint density at radius 1 is 1.19 bits per heavy atom. The summed E-state index contributed by atoms with van der Waals surface area (Å²) in [4.78, 5) is 28.6. The van der Waals surface area contributed by atoms with E-state index in [4.69, 9.17) is 9.47 Å². The molecule has 1 unspecified atom stereocenters.